The SMILES string of the molecule is O=C(COc1cccc2c1C(=O)N(C1CCC(=O)NC1=O)C2=O)NCCOCCOCCC(=O)Nc1cccc(Nc2cc(-c3c[nH]c4ccccc34)ncn2)c1. The number of imide groups is 2. The summed E-state index contributed by atoms with van der Waals surface area (Å²) < 4.78 is 16.6. The first kappa shape index (κ1) is 38.3. The maximum absolute atomic E-state index is 13.2. The van der Waals surface area contributed by atoms with Crippen LogP contribution in [0.3, 0.4) is 0 Å². The van der Waals surface area contributed by atoms with E-state index in [1.165, 1.54) is 24.5 Å². The number of amides is 6. The molecule has 3 aromatic carbocycles. The number of aromatic nitrogens is 3. The van der Waals surface area contributed by atoms with Gasteiger partial charge in [-0.1, -0.05) is 30.3 Å². The van der Waals surface area contributed by atoms with Gasteiger partial charge in [0.25, 0.3) is 17.7 Å². The summed E-state index contributed by atoms with van der Waals surface area (Å²) in [4.78, 5) is 87.8. The number of piperidine rings is 1. The predicted molar refractivity (Wildman–Crippen MR) is 206 cm³/mol. The fourth-order valence-electron chi connectivity index (χ4n) is 6.45. The largest absolute Gasteiger partial charge is 0.483 e. The van der Waals surface area contributed by atoms with Gasteiger partial charge in [0.2, 0.25) is 17.7 Å². The van der Waals surface area contributed by atoms with E-state index < -0.39 is 42.2 Å². The summed E-state index contributed by atoms with van der Waals surface area (Å²) in [7, 11) is 0. The van der Waals surface area contributed by atoms with Gasteiger partial charge in [-0.05, 0) is 42.8 Å². The summed E-state index contributed by atoms with van der Waals surface area (Å²) in [5, 5.41) is 12.0. The van der Waals surface area contributed by atoms with E-state index in [2.05, 4.69) is 36.2 Å². The van der Waals surface area contributed by atoms with Gasteiger partial charge >= 0.3 is 0 Å². The van der Waals surface area contributed by atoms with Crippen LogP contribution in [0, 0.1) is 0 Å². The number of benzene rings is 3. The lowest BCUT2D eigenvalue weighted by Gasteiger charge is -2.27. The quantitative estimate of drug-likeness (QED) is 0.0678. The zero-order valence-electron chi connectivity index (χ0n) is 30.5. The monoisotopic (exact) mass is 774 g/mol. The fraction of sp³-hybridized carbons (Fsp3) is 0.250. The maximum Gasteiger partial charge on any atom is 0.266 e. The Hall–Kier alpha value is -6.98. The van der Waals surface area contributed by atoms with Crippen molar-refractivity contribution >= 4 is 63.5 Å². The van der Waals surface area contributed by atoms with Gasteiger partial charge in [-0.3, -0.25) is 39.0 Å². The topological polar surface area (TPSA) is 223 Å². The number of para-hydroxylation sites is 1. The van der Waals surface area contributed by atoms with Crippen LogP contribution in [-0.4, -0.2) is 101 Å². The molecule has 5 N–H and O–H groups in total. The molecule has 4 heterocycles. The number of hydrogen-bond acceptors (Lipinski definition) is 12. The minimum atomic E-state index is -1.11. The van der Waals surface area contributed by atoms with Crippen molar-refractivity contribution in [3.05, 3.63) is 96.4 Å². The van der Waals surface area contributed by atoms with Gasteiger partial charge in [0.1, 0.15) is 23.9 Å². The average Bonchev–Trinajstić information content (AvgIpc) is 3.75. The van der Waals surface area contributed by atoms with Crippen molar-refractivity contribution < 1.29 is 43.0 Å². The van der Waals surface area contributed by atoms with Gasteiger partial charge in [-0.2, -0.15) is 0 Å². The van der Waals surface area contributed by atoms with Crippen LogP contribution in [0.25, 0.3) is 22.2 Å². The van der Waals surface area contributed by atoms with E-state index >= 15 is 0 Å². The summed E-state index contributed by atoms with van der Waals surface area (Å²) in [6.45, 7) is 0.592. The Morgan fingerprint density at radius 1 is 0.825 bits per heavy atom. The van der Waals surface area contributed by atoms with Crippen LogP contribution in [0.4, 0.5) is 17.2 Å². The van der Waals surface area contributed by atoms with Crippen LogP contribution in [0.5, 0.6) is 5.75 Å². The van der Waals surface area contributed by atoms with Gasteiger partial charge in [-0.15, -0.1) is 0 Å². The van der Waals surface area contributed by atoms with Crippen molar-refractivity contribution in [2.24, 2.45) is 0 Å². The van der Waals surface area contributed by atoms with E-state index in [0.717, 1.165) is 32.7 Å². The molecule has 57 heavy (non-hydrogen) atoms. The standard InChI is InChI=1S/C40H38N8O9/c49-34-12-11-31(38(52)47-34)48-39(53)27-8-4-10-32(37(27)40(48)54)57-22-36(51)41-14-16-56-18-17-55-15-13-35(50)46-25-6-3-5-24(19-25)45-33-20-30(43-23-44-33)28-21-42-29-9-2-1-7-26(28)29/h1-10,19-21,23,31,42H,11-18,22H2,(H,41,51)(H,46,50)(H,43,44,45)(H,47,49,52). The Bertz CT molecular complexity index is 2340. The Morgan fingerprint density at radius 3 is 2.49 bits per heavy atom. The Balaban J connectivity index is 0.763. The van der Waals surface area contributed by atoms with E-state index in [-0.39, 0.29) is 75.0 Å². The molecule has 2 aliphatic heterocycles. The lowest BCUT2D eigenvalue weighted by Crippen LogP contribution is -2.54. The summed E-state index contributed by atoms with van der Waals surface area (Å²) in [6.07, 6.45) is 3.58. The third kappa shape index (κ3) is 9.12. The number of anilines is 3. The summed E-state index contributed by atoms with van der Waals surface area (Å²) in [5.41, 5.74) is 4.11. The molecular weight excluding hydrogens is 736 g/mol. The molecule has 0 bridgehead atoms. The number of H-pyrrole nitrogens is 1. The van der Waals surface area contributed by atoms with Gasteiger partial charge in [-0.25, -0.2) is 9.97 Å². The number of nitrogens with one attached hydrogen (secondary N) is 5. The van der Waals surface area contributed by atoms with E-state index in [9.17, 15) is 28.8 Å². The summed E-state index contributed by atoms with van der Waals surface area (Å²) in [5.74, 6) is -2.66. The molecule has 0 saturated carbocycles. The second-order valence-corrected chi connectivity index (χ2v) is 13.0. The molecule has 5 aromatic rings. The van der Waals surface area contributed by atoms with Crippen LogP contribution >= 0.6 is 0 Å². The molecule has 0 radical (unpaired) electrons. The second-order valence-electron chi connectivity index (χ2n) is 13.0. The van der Waals surface area contributed by atoms with Crippen molar-refractivity contribution in [1.29, 1.82) is 0 Å². The number of rotatable bonds is 17. The van der Waals surface area contributed by atoms with Crippen molar-refractivity contribution in [3.63, 3.8) is 0 Å². The first-order chi connectivity index (χ1) is 27.7. The number of aromatic amines is 1. The number of ether oxygens (including phenoxy) is 3. The maximum atomic E-state index is 13.2. The zero-order chi connectivity index (χ0) is 39.7. The highest BCUT2D eigenvalue weighted by atomic mass is 16.5. The highest BCUT2D eigenvalue weighted by Gasteiger charge is 2.46. The van der Waals surface area contributed by atoms with E-state index in [1.54, 1.807) is 12.1 Å². The summed E-state index contributed by atoms with van der Waals surface area (Å²) >= 11 is 0. The van der Waals surface area contributed by atoms with Crippen molar-refractivity contribution in [1.82, 2.24) is 30.5 Å². The Morgan fingerprint density at radius 2 is 1.63 bits per heavy atom. The molecule has 1 atom stereocenters. The first-order valence-corrected chi connectivity index (χ1v) is 18.2. The molecule has 6 amide bonds. The van der Waals surface area contributed by atoms with Crippen LogP contribution < -0.4 is 26.0 Å². The normalized spacial score (nSPS) is 15.0. The number of fused-ring (bicyclic) bond motifs is 2. The lowest BCUT2D eigenvalue weighted by atomic mass is 10.0. The lowest BCUT2D eigenvalue weighted by molar-refractivity contribution is -0.136. The number of carbonyl (C=O) groups excluding carboxylic acids is 6. The van der Waals surface area contributed by atoms with Crippen LogP contribution in [-0.2, 0) is 28.7 Å². The van der Waals surface area contributed by atoms with Crippen LogP contribution in [0.2, 0.25) is 0 Å². The zero-order valence-corrected chi connectivity index (χ0v) is 30.5. The van der Waals surface area contributed by atoms with E-state index in [0.29, 0.717) is 11.5 Å². The third-order valence-electron chi connectivity index (χ3n) is 9.15. The van der Waals surface area contributed by atoms with Gasteiger partial charge in [0.15, 0.2) is 6.61 Å². The van der Waals surface area contributed by atoms with Crippen molar-refractivity contribution in [2.75, 3.05) is 50.2 Å². The second kappa shape index (κ2) is 17.7. The minimum absolute atomic E-state index is 0.00114. The first-order valence-electron chi connectivity index (χ1n) is 18.2. The third-order valence-corrected chi connectivity index (χ3v) is 9.15. The Labute approximate surface area is 325 Å². The highest BCUT2D eigenvalue weighted by Crippen LogP contribution is 2.34. The smallest absolute Gasteiger partial charge is 0.266 e. The highest BCUT2D eigenvalue weighted by molar-refractivity contribution is 6.24. The molecule has 2 aromatic heterocycles. The number of nitrogens with zero attached hydrogens (tertiary/aromatic N) is 3. The molecule has 17 nitrogen and oxygen atoms in total. The predicted octanol–water partition coefficient (Wildman–Crippen LogP) is 3.33. The minimum Gasteiger partial charge on any atom is -0.483 e. The van der Waals surface area contributed by atoms with Gasteiger partial charge in [0.05, 0.1) is 49.7 Å². The number of carbonyl (C=O) groups is 6. The van der Waals surface area contributed by atoms with E-state index in [4.69, 9.17) is 14.2 Å². The van der Waals surface area contributed by atoms with Crippen molar-refractivity contribution in [3.8, 4) is 17.0 Å². The molecular formula is C40H38N8O9. The van der Waals surface area contributed by atoms with Gasteiger partial charge < -0.3 is 35.1 Å². The molecule has 17 heteroatoms. The van der Waals surface area contributed by atoms with E-state index in [1.807, 2.05) is 48.7 Å². The summed E-state index contributed by atoms with van der Waals surface area (Å²) in [6, 6.07) is 20.4. The molecule has 1 unspecified atom stereocenters. The van der Waals surface area contributed by atoms with Crippen molar-refractivity contribution in [2.45, 2.75) is 25.3 Å². The molecule has 0 aliphatic carbocycles. The molecule has 0 spiro atoms. The Kier molecular flexibility index (Phi) is 11.9. The fourth-order valence-corrected chi connectivity index (χ4v) is 6.45. The molecule has 7 rings (SSSR count). The van der Waals surface area contributed by atoms with Crippen LogP contribution in [0.1, 0.15) is 40.0 Å². The molecule has 1 fully saturated rings. The van der Waals surface area contributed by atoms with Crippen LogP contribution in [0.15, 0.2) is 85.3 Å². The molecule has 1 saturated heterocycles. The van der Waals surface area contributed by atoms with Gasteiger partial charge in [0, 0.05) is 53.1 Å². The average molecular weight is 775 g/mol. The number of hydrogen-bond donors (Lipinski definition) is 5. The molecule has 2 aliphatic rings. The molecule has 292 valence electrons.